The minimum Gasteiger partial charge on any atom is -0.337 e. The number of hydrogen-bond donors (Lipinski definition) is 1. The molecule has 0 unspecified atom stereocenters. The van der Waals surface area contributed by atoms with Gasteiger partial charge in [-0.2, -0.15) is 0 Å². The molecule has 92 valence electrons. The van der Waals surface area contributed by atoms with Gasteiger partial charge >= 0.3 is 0 Å². The van der Waals surface area contributed by atoms with Crippen molar-refractivity contribution in [2.75, 3.05) is 20.1 Å². The predicted molar refractivity (Wildman–Crippen MR) is 69.9 cm³/mol. The Kier molecular flexibility index (Phi) is 4.12. The average Bonchev–Trinajstić information content (AvgIpc) is 2.39. The normalized spacial score (nSPS) is 16.8. The third-order valence-electron chi connectivity index (χ3n) is 3.14. The van der Waals surface area contributed by atoms with E-state index in [-0.39, 0.29) is 5.91 Å². The zero-order valence-electron chi connectivity index (χ0n) is 9.82. The van der Waals surface area contributed by atoms with Gasteiger partial charge in [0.2, 0.25) is 0 Å². The Bertz CT molecular complexity index is 404. The lowest BCUT2D eigenvalue weighted by Crippen LogP contribution is -2.44. The molecule has 0 atom stereocenters. The number of hydrogen-bond acceptors (Lipinski definition) is 3. The third kappa shape index (κ3) is 2.84. The van der Waals surface area contributed by atoms with E-state index in [1.807, 2.05) is 24.1 Å². The number of carbonyl (C=O) groups is 1. The maximum atomic E-state index is 12.3. The molecule has 0 aromatic carbocycles. The fourth-order valence-electron chi connectivity index (χ4n) is 2.07. The minimum absolute atomic E-state index is 0.00984. The van der Waals surface area contributed by atoms with Crippen molar-refractivity contribution in [3.63, 3.8) is 0 Å². The van der Waals surface area contributed by atoms with Crippen LogP contribution in [0.25, 0.3) is 0 Å². The Hall–Kier alpha value is -0.940. The molecule has 5 heteroatoms. The molecule has 0 aliphatic carbocycles. The number of pyridine rings is 1. The Morgan fingerprint density at radius 2 is 2.24 bits per heavy atom. The van der Waals surface area contributed by atoms with E-state index in [2.05, 4.69) is 26.2 Å². The average molecular weight is 298 g/mol. The first-order valence-corrected chi connectivity index (χ1v) is 6.58. The van der Waals surface area contributed by atoms with E-state index >= 15 is 0 Å². The monoisotopic (exact) mass is 297 g/mol. The number of carbonyl (C=O) groups excluding carboxylic acids is 1. The van der Waals surface area contributed by atoms with Gasteiger partial charge in [-0.1, -0.05) is 0 Å². The first-order chi connectivity index (χ1) is 8.20. The van der Waals surface area contributed by atoms with Crippen molar-refractivity contribution in [3.05, 3.63) is 28.5 Å². The van der Waals surface area contributed by atoms with Crippen molar-refractivity contribution in [1.29, 1.82) is 0 Å². The summed E-state index contributed by atoms with van der Waals surface area (Å²) in [4.78, 5) is 18.2. The van der Waals surface area contributed by atoms with Gasteiger partial charge in [-0.15, -0.1) is 0 Å². The smallest absolute Gasteiger partial charge is 0.273 e. The summed E-state index contributed by atoms with van der Waals surface area (Å²) in [6.07, 6.45) is 3.66. The number of piperidine rings is 1. The van der Waals surface area contributed by atoms with Crippen molar-refractivity contribution in [2.24, 2.45) is 0 Å². The molecule has 1 amide bonds. The minimum atomic E-state index is -0.00984. The van der Waals surface area contributed by atoms with Gasteiger partial charge in [-0.25, -0.2) is 4.98 Å². The second-order valence-electron chi connectivity index (χ2n) is 4.23. The molecule has 1 aromatic rings. The maximum Gasteiger partial charge on any atom is 0.273 e. The zero-order chi connectivity index (χ0) is 12.3. The van der Waals surface area contributed by atoms with Crippen molar-refractivity contribution in [3.8, 4) is 0 Å². The quantitative estimate of drug-likeness (QED) is 0.903. The van der Waals surface area contributed by atoms with E-state index in [4.69, 9.17) is 0 Å². The summed E-state index contributed by atoms with van der Waals surface area (Å²) in [5.41, 5.74) is 0.494. The molecule has 1 aliphatic heterocycles. The Morgan fingerprint density at radius 1 is 1.53 bits per heavy atom. The van der Waals surface area contributed by atoms with E-state index in [9.17, 15) is 4.79 Å². The number of rotatable bonds is 2. The fraction of sp³-hybridized carbons (Fsp3) is 0.500. The molecule has 1 fully saturated rings. The van der Waals surface area contributed by atoms with Gasteiger partial charge in [0.25, 0.3) is 5.91 Å². The molecular formula is C12H16BrN3O. The van der Waals surface area contributed by atoms with Crippen LogP contribution < -0.4 is 5.32 Å². The molecule has 0 saturated carbocycles. The van der Waals surface area contributed by atoms with Crippen LogP contribution in [-0.4, -0.2) is 42.0 Å². The zero-order valence-corrected chi connectivity index (χ0v) is 11.4. The standard InChI is InChI=1S/C12H16BrN3O/c1-16(9-4-7-14-8-5-9)12(17)11-10(13)3-2-6-15-11/h2-3,6,9,14H,4-5,7-8H2,1H3. The predicted octanol–water partition coefficient (Wildman–Crippen LogP) is 1.67. The first-order valence-electron chi connectivity index (χ1n) is 5.78. The molecule has 2 rings (SSSR count). The summed E-state index contributed by atoms with van der Waals surface area (Å²) in [6, 6.07) is 3.97. The highest BCUT2D eigenvalue weighted by Gasteiger charge is 2.24. The second-order valence-corrected chi connectivity index (χ2v) is 5.09. The Labute approximate surface area is 110 Å². The van der Waals surface area contributed by atoms with Gasteiger partial charge in [0.05, 0.1) is 0 Å². The summed E-state index contributed by atoms with van der Waals surface area (Å²) in [5, 5.41) is 3.30. The van der Waals surface area contributed by atoms with Gasteiger partial charge in [-0.05, 0) is 54.0 Å². The van der Waals surface area contributed by atoms with Crippen LogP contribution in [0.2, 0.25) is 0 Å². The highest BCUT2D eigenvalue weighted by molar-refractivity contribution is 9.10. The summed E-state index contributed by atoms with van der Waals surface area (Å²) in [6.45, 7) is 1.96. The SMILES string of the molecule is CN(C(=O)c1ncccc1Br)C1CCNCC1. The molecule has 1 aliphatic rings. The van der Waals surface area contributed by atoms with Crippen LogP contribution in [0.1, 0.15) is 23.3 Å². The maximum absolute atomic E-state index is 12.3. The fourth-order valence-corrected chi connectivity index (χ4v) is 2.49. The van der Waals surface area contributed by atoms with E-state index < -0.39 is 0 Å². The van der Waals surface area contributed by atoms with E-state index in [0.717, 1.165) is 30.4 Å². The summed E-state index contributed by atoms with van der Waals surface area (Å²) < 4.78 is 0.755. The van der Waals surface area contributed by atoms with E-state index in [1.165, 1.54) is 0 Å². The van der Waals surface area contributed by atoms with Crippen LogP contribution in [0.3, 0.4) is 0 Å². The molecule has 17 heavy (non-hydrogen) atoms. The van der Waals surface area contributed by atoms with Crippen molar-refractivity contribution >= 4 is 21.8 Å². The molecule has 4 nitrogen and oxygen atoms in total. The number of nitrogens with zero attached hydrogens (tertiary/aromatic N) is 2. The van der Waals surface area contributed by atoms with Crippen LogP contribution in [0.5, 0.6) is 0 Å². The van der Waals surface area contributed by atoms with Crippen molar-refractivity contribution in [1.82, 2.24) is 15.2 Å². The number of amides is 1. The first kappa shape index (κ1) is 12.5. The van der Waals surface area contributed by atoms with Crippen LogP contribution in [-0.2, 0) is 0 Å². The molecule has 0 bridgehead atoms. The van der Waals surface area contributed by atoms with Crippen LogP contribution in [0, 0.1) is 0 Å². The molecular weight excluding hydrogens is 282 g/mol. The highest BCUT2D eigenvalue weighted by atomic mass is 79.9. The van der Waals surface area contributed by atoms with Gasteiger partial charge in [0, 0.05) is 23.8 Å². The van der Waals surface area contributed by atoms with E-state index in [0.29, 0.717) is 11.7 Å². The van der Waals surface area contributed by atoms with Gasteiger partial charge in [0.15, 0.2) is 0 Å². The second kappa shape index (κ2) is 5.60. The summed E-state index contributed by atoms with van der Waals surface area (Å²) in [7, 11) is 1.86. The summed E-state index contributed by atoms with van der Waals surface area (Å²) in [5.74, 6) is -0.00984. The van der Waals surface area contributed by atoms with Crippen LogP contribution >= 0.6 is 15.9 Å². The molecule has 2 heterocycles. The molecule has 1 aromatic heterocycles. The summed E-state index contributed by atoms with van der Waals surface area (Å²) >= 11 is 3.37. The lowest BCUT2D eigenvalue weighted by molar-refractivity contribution is 0.0696. The molecule has 1 N–H and O–H groups in total. The van der Waals surface area contributed by atoms with Crippen molar-refractivity contribution < 1.29 is 4.79 Å². The number of nitrogens with one attached hydrogen (secondary N) is 1. The molecule has 0 radical (unpaired) electrons. The van der Waals surface area contributed by atoms with Gasteiger partial charge in [-0.3, -0.25) is 4.79 Å². The van der Waals surface area contributed by atoms with E-state index in [1.54, 1.807) is 6.20 Å². The lowest BCUT2D eigenvalue weighted by Gasteiger charge is -2.31. The number of halogens is 1. The number of aromatic nitrogens is 1. The van der Waals surface area contributed by atoms with Crippen LogP contribution in [0.4, 0.5) is 0 Å². The Balaban J connectivity index is 2.11. The topological polar surface area (TPSA) is 45.2 Å². The Morgan fingerprint density at radius 3 is 2.88 bits per heavy atom. The lowest BCUT2D eigenvalue weighted by atomic mass is 10.1. The van der Waals surface area contributed by atoms with Gasteiger partial charge < -0.3 is 10.2 Å². The highest BCUT2D eigenvalue weighted by Crippen LogP contribution is 2.18. The van der Waals surface area contributed by atoms with Gasteiger partial charge in [0.1, 0.15) is 5.69 Å². The molecule has 1 saturated heterocycles. The van der Waals surface area contributed by atoms with Crippen LogP contribution in [0.15, 0.2) is 22.8 Å². The molecule has 0 spiro atoms. The van der Waals surface area contributed by atoms with Crippen molar-refractivity contribution in [2.45, 2.75) is 18.9 Å². The largest absolute Gasteiger partial charge is 0.337 e. The third-order valence-corrected chi connectivity index (χ3v) is 3.78.